The maximum Gasteiger partial charge on any atom is 0.261 e. The van der Waals surface area contributed by atoms with Crippen LogP contribution in [-0.4, -0.2) is 52.9 Å². The number of halogens is 2. The van der Waals surface area contributed by atoms with Crippen molar-refractivity contribution >= 4 is 59.0 Å². The minimum absolute atomic E-state index is 0. The van der Waals surface area contributed by atoms with Crippen LogP contribution in [0.1, 0.15) is 37.7 Å². The van der Waals surface area contributed by atoms with Gasteiger partial charge in [0.2, 0.25) is 11.8 Å². The molecule has 0 aliphatic carbocycles. The fraction of sp³-hybridized carbons (Fsp3) is 0.375. The molecule has 0 saturated heterocycles. The van der Waals surface area contributed by atoms with Crippen molar-refractivity contribution in [3.63, 3.8) is 0 Å². The van der Waals surface area contributed by atoms with Crippen molar-refractivity contribution in [3.05, 3.63) is 88.3 Å². The molecule has 0 radical (unpaired) electrons. The zero-order chi connectivity index (χ0) is 29.3. The van der Waals surface area contributed by atoms with Crippen LogP contribution in [0.3, 0.4) is 0 Å². The van der Waals surface area contributed by atoms with Gasteiger partial charge in [-0.1, -0.05) is 6.07 Å². The topological polar surface area (TPSA) is 91.9 Å². The minimum Gasteiger partial charge on any atom is -0.461 e. The van der Waals surface area contributed by atoms with Gasteiger partial charge < -0.3 is 18.8 Å². The Kier molecular flexibility index (Phi) is 10.8. The van der Waals surface area contributed by atoms with Crippen LogP contribution in [0.15, 0.2) is 70.3 Å². The number of aryl methyl sites for hydroxylation is 1. The molecule has 4 heterocycles. The molecule has 0 spiro atoms. The highest BCUT2D eigenvalue weighted by molar-refractivity contribution is 6.19. The Labute approximate surface area is 264 Å². The second kappa shape index (κ2) is 13.8. The van der Waals surface area contributed by atoms with E-state index >= 15 is 0 Å². The SMILES string of the molecule is CCN1C(=O)C(C)(C)C(=O)N(C)c2cc(CCN(CCn3ccc4oc(C)cc4c3=O)Cc3ccncc3)ccc21.Cl.Cl. The number of furan rings is 1. The highest BCUT2D eigenvalue weighted by atomic mass is 35.5. The summed E-state index contributed by atoms with van der Waals surface area (Å²) < 4.78 is 7.35. The first-order chi connectivity index (χ1) is 19.6. The first kappa shape index (κ1) is 33.8. The summed E-state index contributed by atoms with van der Waals surface area (Å²) in [5, 5.41) is 0.595. The van der Waals surface area contributed by atoms with Gasteiger partial charge in [0.15, 0.2) is 0 Å². The molecule has 1 aliphatic heterocycles. The van der Waals surface area contributed by atoms with Crippen LogP contribution < -0.4 is 15.4 Å². The smallest absolute Gasteiger partial charge is 0.261 e. The largest absolute Gasteiger partial charge is 0.461 e. The molecule has 43 heavy (non-hydrogen) atoms. The fourth-order valence-electron chi connectivity index (χ4n) is 5.53. The molecule has 1 aromatic carbocycles. The molecule has 0 atom stereocenters. The molecule has 0 bridgehead atoms. The minimum atomic E-state index is -1.14. The number of amides is 2. The predicted molar refractivity (Wildman–Crippen MR) is 175 cm³/mol. The number of hydrogen-bond donors (Lipinski definition) is 0. The van der Waals surface area contributed by atoms with Crippen LogP contribution in [0.4, 0.5) is 11.4 Å². The fourth-order valence-corrected chi connectivity index (χ4v) is 5.53. The summed E-state index contributed by atoms with van der Waals surface area (Å²) in [7, 11) is 1.74. The Bertz CT molecular complexity index is 1650. The lowest BCUT2D eigenvalue weighted by Crippen LogP contribution is -2.47. The quantitative estimate of drug-likeness (QED) is 0.236. The Morgan fingerprint density at radius 1 is 0.907 bits per heavy atom. The van der Waals surface area contributed by atoms with Crippen molar-refractivity contribution in [2.24, 2.45) is 5.41 Å². The average Bonchev–Trinajstić information content (AvgIpc) is 3.34. The van der Waals surface area contributed by atoms with Gasteiger partial charge in [0.25, 0.3) is 5.56 Å². The van der Waals surface area contributed by atoms with E-state index in [4.69, 9.17) is 4.42 Å². The Balaban J connectivity index is 0.00000253. The van der Waals surface area contributed by atoms with Crippen LogP contribution in [-0.2, 0) is 29.1 Å². The van der Waals surface area contributed by atoms with Crippen molar-refractivity contribution in [1.82, 2.24) is 14.5 Å². The third kappa shape index (κ3) is 6.79. The summed E-state index contributed by atoms with van der Waals surface area (Å²) in [5.74, 6) is 0.314. The summed E-state index contributed by atoms with van der Waals surface area (Å²) >= 11 is 0. The van der Waals surface area contributed by atoms with Crippen LogP contribution in [0, 0.1) is 12.3 Å². The molecule has 0 N–H and O–H groups in total. The molecule has 0 saturated carbocycles. The van der Waals surface area contributed by atoms with Crippen LogP contribution in [0.25, 0.3) is 11.0 Å². The molecule has 11 heteroatoms. The Hall–Kier alpha value is -3.66. The number of nitrogens with zero attached hydrogens (tertiary/aromatic N) is 5. The van der Waals surface area contributed by atoms with Crippen LogP contribution in [0.2, 0.25) is 0 Å². The second-order valence-corrected chi connectivity index (χ2v) is 11.2. The number of aromatic nitrogens is 2. The molecule has 1 aliphatic rings. The zero-order valence-electron chi connectivity index (χ0n) is 25.2. The number of rotatable bonds is 9. The van der Waals surface area contributed by atoms with E-state index in [0.717, 1.165) is 41.2 Å². The maximum atomic E-state index is 13.2. The maximum absolute atomic E-state index is 13.2. The summed E-state index contributed by atoms with van der Waals surface area (Å²) in [6, 6.07) is 13.6. The highest BCUT2D eigenvalue weighted by Crippen LogP contribution is 2.38. The number of benzene rings is 1. The number of anilines is 2. The summed E-state index contributed by atoms with van der Waals surface area (Å²) in [5.41, 5.74) is 3.11. The standard InChI is InChI=1S/C32H37N5O4.2ClH/c1-6-37-26-8-7-23(20-27(26)34(5)30(39)32(3,4)31(37)40)11-15-35(21-24-9-13-33-14-10-24)17-18-36-16-12-28-25(29(36)38)19-22(2)41-28;;/h7-10,12-14,16,19-20H,6,11,15,17-18,21H2,1-5H3;2*1H. The molecule has 5 rings (SSSR count). The van der Waals surface area contributed by atoms with Crippen molar-refractivity contribution < 1.29 is 14.0 Å². The van der Waals surface area contributed by atoms with E-state index in [9.17, 15) is 14.4 Å². The summed E-state index contributed by atoms with van der Waals surface area (Å²) in [6.07, 6.45) is 6.10. The average molecular weight is 629 g/mol. The second-order valence-electron chi connectivity index (χ2n) is 11.2. The summed E-state index contributed by atoms with van der Waals surface area (Å²) in [4.78, 5) is 49.3. The van der Waals surface area contributed by atoms with Crippen molar-refractivity contribution in [2.75, 3.05) is 36.5 Å². The third-order valence-corrected chi connectivity index (χ3v) is 7.94. The van der Waals surface area contributed by atoms with Gasteiger partial charge in [-0.2, -0.15) is 0 Å². The van der Waals surface area contributed by atoms with E-state index in [1.54, 1.807) is 59.9 Å². The monoisotopic (exact) mass is 627 g/mol. The third-order valence-electron chi connectivity index (χ3n) is 7.94. The first-order valence-corrected chi connectivity index (χ1v) is 14.0. The molecular weight excluding hydrogens is 589 g/mol. The molecule has 4 aromatic rings. The van der Waals surface area contributed by atoms with E-state index in [0.29, 0.717) is 37.1 Å². The summed E-state index contributed by atoms with van der Waals surface area (Å²) in [6.45, 7) is 10.3. The molecule has 0 unspecified atom stereocenters. The van der Waals surface area contributed by atoms with Crippen molar-refractivity contribution in [2.45, 2.75) is 47.2 Å². The van der Waals surface area contributed by atoms with Crippen molar-refractivity contribution in [3.8, 4) is 0 Å². The van der Waals surface area contributed by atoms with Gasteiger partial charge in [-0.15, -0.1) is 24.8 Å². The van der Waals surface area contributed by atoms with E-state index in [-0.39, 0.29) is 42.2 Å². The van der Waals surface area contributed by atoms with Gasteiger partial charge >= 0.3 is 0 Å². The van der Waals surface area contributed by atoms with Gasteiger partial charge in [-0.25, -0.2) is 0 Å². The molecule has 230 valence electrons. The van der Waals surface area contributed by atoms with Gasteiger partial charge in [-0.3, -0.25) is 24.3 Å². The van der Waals surface area contributed by atoms with Crippen LogP contribution >= 0.6 is 24.8 Å². The predicted octanol–water partition coefficient (Wildman–Crippen LogP) is 5.24. The lowest BCUT2D eigenvalue weighted by atomic mass is 9.90. The van der Waals surface area contributed by atoms with Gasteiger partial charge in [-0.05, 0) is 81.6 Å². The molecule has 2 amide bonds. The van der Waals surface area contributed by atoms with Gasteiger partial charge in [0, 0.05) is 58.4 Å². The first-order valence-electron chi connectivity index (χ1n) is 14.0. The lowest BCUT2D eigenvalue weighted by Gasteiger charge is -2.27. The molecule has 3 aromatic heterocycles. The highest BCUT2D eigenvalue weighted by Gasteiger charge is 2.45. The lowest BCUT2D eigenvalue weighted by molar-refractivity contribution is -0.137. The van der Waals surface area contributed by atoms with Gasteiger partial charge in [0.1, 0.15) is 16.8 Å². The number of carbonyl (C=O) groups excluding carboxylic acids is 2. The number of fused-ring (bicyclic) bond motifs is 2. The molecule has 0 fully saturated rings. The van der Waals surface area contributed by atoms with E-state index in [1.165, 1.54) is 0 Å². The Morgan fingerprint density at radius 2 is 1.63 bits per heavy atom. The van der Waals surface area contributed by atoms with Gasteiger partial charge in [0.05, 0.1) is 16.8 Å². The number of pyridine rings is 2. The van der Waals surface area contributed by atoms with E-state index in [1.807, 2.05) is 50.2 Å². The Morgan fingerprint density at radius 3 is 2.33 bits per heavy atom. The van der Waals surface area contributed by atoms with E-state index < -0.39 is 5.41 Å². The van der Waals surface area contributed by atoms with Crippen molar-refractivity contribution in [1.29, 1.82) is 0 Å². The number of carbonyl (C=O) groups is 2. The van der Waals surface area contributed by atoms with Crippen LogP contribution in [0.5, 0.6) is 0 Å². The van der Waals surface area contributed by atoms with E-state index in [2.05, 4.69) is 9.88 Å². The molecule has 9 nitrogen and oxygen atoms in total. The zero-order valence-corrected chi connectivity index (χ0v) is 26.8. The normalized spacial score (nSPS) is 14.4. The molecular formula is C32H39Cl2N5O4. The number of hydrogen-bond acceptors (Lipinski definition) is 6.